The first-order valence-electron chi connectivity index (χ1n) is 7.55. The number of carbonyl (C=O) groups is 1. The minimum Gasteiger partial charge on any atom is -0.481 e. The number of hydrogen-bond acceptors (Lipinski definition) is 2. The summed E-state index contributed by atoms with van der Waals surface area (Å²) in [6.07, 6.45) is 18.2. The van der Waals surface area contributed by atoms with Gasteiger partial charge < -0.3 is 10.2 Å². The highest BCUT2D eigenvalue weighted by Crippen LogP contribution is 2.04. The van der Waals surface area contributed by atoms with E-state index >= 15 is 0 Å². The number of allylic oxidation sites excluding steroid dienone is 5. The molecule has 3 heteroatoms. The van der Waals surface area contributed by atoms with Crippen LogP contribution in [0, 0.1) is 0 Å². The molecule has 0 aliphatic rings. The molecule has 114 valence electrons. The zero-order chi connectivity index (χ0) is 15.1. The monoisotopic (exact) mass is 280 g/mol. The molecule has 0 aromatic rings. The van der Waals surface area contributed by atoms with Gasteiger partial charge in [-0.25, -0.2) is 0 Å². The van der Waals surface area contributed by atoms with E-state index in [1.807, 2.05) is 36.5 Å². The maximum atomic E-state index is 10.3. The summed E-state index contributed by atoms with van der Waals surface area (Å²) in [5.41, 5.74) is 0. The normalized spacial score (nSPS) is 13.7. The Morgan fingerprint density at radius 2 is 1.90 bits per heavy atom. The van der Waals surface area contributed by atoms with Crippen molar-refractivity contribution in [2.45, 2.75) is 64.4 Å². The Hall–Kier alpha value is -1.35. The van der Waals surface area contributed by atoms with Gasteiger partial charge in [-0.15, -0.1) is 0 Å². The van der Waals surface area contributed by atoms with Crippen LogP contribution in [0.15, 0.2) is 36.5 Å². The van der Waals surface area contributed by atoms with E-state index in [9.17, 15) is 9.90 Å². The molecular weight excluding hydrogens is 252 g/mol. The molecule has 0 heterocycles. The number of carboxylic acids is 1. The number of carboxylic acid groups (broad SMARTS) is 1. The predicted octanol–water partition coefficient (Wildman–Crippen LogP) is 4.24. The van der Waals surface area contributed by atoms with Crippen LogP contribution in [-0.4, -0.2) is 22.3 Å². The highest BCUT2D eigenvalue weighted by molar-refractivity contribution is 5.66. The highest BCUT2D eigenvalue weighted by Gasteiger charge is 1.96. The summed E-state index contributed by atoms with van der Waals surface area (Å²) in [5.74, 6) is -0.735. The number of aliphatic hydroxyl groups is 1. The van der Waals surface area contributed by atoms with Gasteiger partial charge in [0.25, 0.3) is 0 Å². The van der Waals surface area contributed by atoms with Gasteiger partial charge in [-0.2, -0.15) is 0 Å². The SMILES string of the molecule is CCCCC[C@H](O)/C=C/C=C/C/C=C\CCCC(=O)O. The van der Waals surface area contributed by atoms with Gasteiger partial charge in [0.15, 0.2) is 0 Å². The Bertz CT molecular complexity index is 316. The third-order valence-corrected chi connectivity index (χ3v) is 2.88. The first kappa shape index (κ1) is 18.7. The molecule has 0 radical (unpaired) electrons. The molecule has 0 saturated heterocycles. The Balaban J connectivity index is 3.54. The van der Waals surface area contributed by atoms with Crippen molar-refractivity contribution in [3.8, 4) is 0 Å². The number of aliphatic carboxylic acids is 1. The summed E-state index contributed by atoms with van der Waals surface area (Å²) in [5, 5.41) is 18.1. The van der Waals surface area contributed by atoms with Crippen LogP contribution in [-0.2, 0) is 4.79 Å². The van der Waals surface area contributed by atoms with Gasteiger partial charge in [0, 0.05) is 6.42 Å². The number of aliphatic hydroxyl groups excluding tert-OH is 1. The van der Waals surface area contributed by atoms with Crippen LogP contribution in [0.25, 0.3) is 0 Å². The molecule has 0 fully saturated rings. The highest BCUT2D eigenvalue weighted by atomic mass is 16.4. The lowest BCUT2D eigenvalue weighted by Gasteiger charge is -2.02. The van der Waals surface area contributed by atoms with Crippen molar-refractivity contribution in [2.24, 2.45) is 0 Å². The molecule has 0 spiro atoms. The van der Waals surface area contributed by atoms with Gasteiger partial charge in [0.05, 0.1) is 6.10 Å². The zero-order valence-corrected chi connectivity index (χ0v) is 12.5. The van der Waals surface area contributed by atoms with E-state index < -0.39 is 5.97 Å². The molecule has 0 bridgehead atoms. The largest absolute Gasteiger partial charge is 0.481 e. The Kier molecular flexibility index (Phi) is 13.1. The van der Waals surface area contributed by atoms with Crippen molar-refractivity contribution >= 4 is 5.97 Å². The Labute approximate surface area is 122 Å². The second kappa shape index (κ2) is 14.1. The van der Waals surface area contributed by atoms with Crippen molar-refractivity contribution in [1.29, 1.82) is 0 Å². The van der Waals surface area contributed by atoms with Gasteiger partial charge in [0.1, 0.15) is 0 Å². The molecule has 2 N–H and O–H groups in total. The first-order valence-corrected chi connectivity index (χ1v) is 7.55. The molecule has 1 atom stereocenters. The van der Waals surface area contributed by atoms with E-state index in [-0.39, 0.29) is 12.5 Å². The van der Waals surface area contributed by atoms with Crippen LogP contribution in [0.5, 0.6) is 0 Å². The van der Waals surface area contributed by atoms with Crippen molar-refractivity contribution in [3.05, 3.63) is 36.5 Å². The van der Waals surface area contributed by atoms with Gasteiger partial charge in [-0.1, -0.05) is 62.6 Å². The Morgan fingerprint density at radius 1 is 1.10 bits per heavy atom. The van der Waals surface area contributed by atoms with Crippen LogP contribution in [0.4, 0.5) is 0 Å². The van der Waals surface area contributed by atoms with E-state index in [0.29, 0.717) is 6.42 Å². The van der Waals surface area contributed by atoms with Crippen LogP contribution in [0.1, 0.15) is 58.3 Å². The van der Waals surface area contributed by atoms with Gasteiger partial charge in [-0.3, -0.25) is 4.79 Å². The molecule has 0 saturated carbocycles. The summed E-state index contributed by atoms with van der Waals surface area (Å²) in [6.45, 7) is 2.15. The second-order valence-electron chi connectivity index (χ2n) is 4.87. The maximum absolute atomic E-state index is 10.3. The lowest BCUT2D eigenvalue weighted by atomic mass is 10.1. The molecule has 0 amide bonds. The molecule has 0 aromatic carbocycles. The third kappa shape index (κ3) is 14.7. The van der Waals surface area contributed by atoms with E-state index in [1.165, 1.54) is 12.8 Å². The average molecular weight is 280 g/mol. The van der Waals surface area contributed by atoms with Gasteiger partial charge >= 0.3 is 5.97 Å². The fourth-order valence-corrected chi connectivity index (χ4v) is 1.71. The molecule has 20 heavy (non-hydrogen) atoms. The first-order chi connectivity index (χ1) is 9.66. The maximum Gasteiger partial charge on any atom is 0.303 e. The van der Waals surface area contributed by atoms with Crippen molar-refractivity contribution in [3.63, 3.8) is 0 Å². The van der Waals surface area contributed by atoms with E-state index in [1.54, 1.807) is 0 Å². The topological polar surface area (TPSA) is 57.5 Å². The minimum atomic E-state index is -0.735. The molecule has 0 unspecified atom stereocenters. The van der Waals surface area contributed by atoms with E-state index in [4.69, 9.17) is 5.11 Å². The van der Waals surface area contributed by atoms with Crippen molar-refractivity contribution < 1.29 is 15.0 Å². The van der Waals surface area contributed by atoms with Gasteiger partial charge in [0.2, 0.25) is 0 Å². The number of unbranched alkanes of at least 4 members (excludes halogenated alkanes) is 3. The predicted molar refractivity (Wildman–Crippen MR) is 83.7 cm³/mol. The smallest absolute Gasteiger partial charge is 0.303 e. The second-order valence-corrected chi connectivity index (χ2v) is 4.87. The standard InChI is InChI=1S/C17H28O3/c1-2-3-10-13-16(18)14-11-8-6-4-5-7-9-12-15-17(19)20/h5-8,11,14,16,18H,2-4,9-10,12-13,15H2,1H3,(H,19,20)/b7-5-,8-6+,14-11+/t16-/m0/s1. The van der Waals surface area contributed by atoms with Crippen molar-refractivity contribution in [1.82, 2.24) is 0 Å². The summed E-state index contributed by atoms with van der Waals surface area (Å²) in [7, 11) is 0. The Morgan fingerprint density at radius 3 is 2.60 bits per heavy atom. The summed E-state index contributed by atoms with van der Waals surface area (Å²) in [6, 6.07) is 0. The molecule has 0 aromatic heterocycles. The van der Waals surface area contributed by atoms with Gasteiger partial charge in [-0.05, 0) is 25.7 Å². The van der Waals surface area contributed by atoms with Crippen LogP contribution in [0.2, 0.25) is 0 Å². The average Bonchev–Trinajstić information content (AvgIpc) is 2.41. The van der Waals surface area contributed by atoms with E-state index in [2.05, 4.69) is 6.92 Å². The number of rotatable bonds is 12. The molecule has 3 nitrogen and oxygen atoms in total. The van der Waals surface area contributed by atoms with E-state index in [0.717, 1.165) is 25.7 Å². The lowest BCUT2D eigenvalue weighted by molar-refractivity contribution is -0.137. The quantitative estimate of drug-likeness (QED) is 0.319. The molecule has 0 rings (SSSR count). The molecule has 0 aliphatic heterocycles. The number of hydrogen-bond donors (Lipinski definition) is 2. The molecular formula is C17H28O3. The lowest BCUT2D eigenvalue weighted by Crippen LogP contribution is -2.00. The fourth-order valence-electron chi connectivity index (χ4n) is 1.71. The summed E-state index contributed by atoms with van der Waals surface area (Å²) < 4.78 is 0. The van der Waals surface area contributed by atoms with Crippen LogP contribution >= 0.6 is 0 Å². The summed E-state index contributed by atoms with van der Waals surface area (Å²) in [4.78, 5) is 10.3. The molecule has 0 aliphatic carbocycles. The van der Waals surface area contributed by atoms with Crippen molar-refractivity contribution in [2.75, 3.05) is 0 Å². The van der Waals surface area contributed by atoms with Crippen LogP contribution < -0.4 is 0 Å². The summed E-state index contributed by atoms with van der Waals surface area (Å²) >= 11 is 0. The third-order valence-electron chi connectivity index (χ3n) is 2.88. The van der Waals surface area contributed by atoms with Crippen LogP contribution in [0.3, 0.4) is 0 Å². The fraction of sp³-hybridized carbons (Fsp3) is 0.588. The minimum absolute atomic E-state index is 0.235. The zero-order valence-electron chi connectivity index (χ0n) is 12.5.